The van der Waals surface area contributed by atoms with Gasteiger partial charge in [0.15, 0.2) is 0 Å². The molecule has 1 rings (SSSR count). The molecule has 4 heteroatoms. The maximum absolute atomic E-state index is 10.8. The van der Waals surface area contributed by atoms with Crippen LogP contribution < -0.4 is 5.73 Å². The van der Waals surface area contributed by atoms with Gasteiger partial charge in [-0.05, 0) is 25.5 Å². The number of hydrogen-bond donors (Lipinski definition) is 2. The molecular weight excluding hydrogens is 192 g/mol. The summed E-state index contributed by atoms with van der Waals surface area (Å²) in [6.07, 6.45) is 3.35. The van der Waals surface area contributed by atoms with E-state index in [1.165, 1.54) is 0 Å². The Balaban J connectivity index is 2.97. The van der Waals surface area contributed by atoms with Crippen LogP contribution in [0.3, 0.4) is 0 Å². The van der Waals surface area contributed by atoms with Crippen LogP contribution in [-0.2, 0) is 4.79 Å². The molecule has 1 aromatic heterocycles. The lowest BCUT2D eigenvalue weighted by Crippen LogP contribution is -2.40. The minimum Gasteiger partial charge on any atom is -0.481 e. The summed E-state index contributed by atoms with van der Waals surface area (Å²) in [5.74, 6) is -1.06. The summed E-state index contributed by atoms with van der Waals surface area (Å²) < 4.78 is 0. The second-order valence-corrected chi connectivity index (χ2v) is 4.26. The predicted molar refractivity (Wildman–Crippen MR) is 57.5 cm³/mol. The molecule has 0 saturated carbocycles. The maximum Gasteiger partial charge on any atom is 0.304 e. The number of aromatic nitrogens is 1. The number of rotatable bonds is 4. The molecule has 0 aromatic carbocycles. The highest BCUT2D eigenvalue weighted by molar-refractivity contribution is 5.68. The Hall–Kier alpha value is -1.42. The lowest BCUT2D eigenvalue weighted by molar-refractivity contribution is -0.137. The van der Waals surface area contributed by atoms with E-state index >= 15 is 0 Å². The average molecular weight is 208 g/mol. The third-order valence-corrected chi connectivity index (χ3v) is 2.36. The summed E-state index contributed by atoms with van der Waals surface area (Å²) in [6.45, 7) is 3.65. The maximum atomic E-state index is 10.8. The topological polar surface area (TPSA) is 76.2 Å². The Morgan fingerprint density at radius 3 is 2.73 bits per heavy atom. The molecule has 0 radical (unpaired) electrons. The Morgan fingerprint density at radius 1 is 1.67 bits per heavy atom. The molecule has 1 atom stereocenters. The number of carbonyl (C=O) groups is 1. The van der Waals surface area contributed by atoms with E-state index in [4.69, 9.17) is 10.8 Å². The fourth-order valence-corrected chi connectivity index (χ4v) is 1.57. The summed E-state index contributed by atoms with van der Waals surface area (Å²) in [5, 5.41) is 8.83. The summed E-state index contributed by atoms with van der Waals surface area (Å²) in [4.78, 5) is 14.7. The summed E-state index contributed by atoms with van der Waals surface area (Å²) in [5.41, 5.74) is 6.27. The second-order valence-electron chi connectivity index (χ2n) is 4.26. The number of carboxylic acids is 1. The van der Waals surface area contributed by atoms with Crippen LogP contribution in [0.15, 0.2) is 24.5 Å². The standard InChI is InChI=1S/C11H16N2O2/c1-11(2,12)9(6-10(14)15)8-4-3-5-13-7-8/h3-5,7,9H,6,12H2,1-2H3,(H,14,15). The van der Waals surface area contributed by atoms with Crippen molar-refractivity contribution in [3.8, 4) is 0 Å². The zero-order chi connectivity index (χ0) is 11.5. The number of aliphatic carboxylic acids is 1. The number of pyridine rings is 1. The van der Waals surface area contributed by atoms with Gasteiger partial charge in [0, 0.05) is 23.9 Å². The van der Waals surface area contributed by atoms with Gasteiger partial charge in [-0.2, -0.15) is 0 Å². The first kappa shape index (κ1) is 11.7. The van der Waals surface area contributed by atoms with Crippen molar-refractivity contribution in [2.45, 2.75) is 31.7 Å². The van der Waals surface area contributed by atoms with E-state index in [9.17, 15) is 4.79 Å². The first-order valence-corrected chi connectivity index (χ1v) is 4.82. The molecule has 1 unspecified atom stereocenters. The van der Waals surface area contributed by atoms with Crippen LogP contribution >= 0.6 is 0 Å². The normalized spacial score (nSPS) is 13.5. The van der Waals surface area contributed by atoms with Gasteiger partial charge in [0.25, 0.3) is 0 Å². The Kier molecular flexibility index (Phi) is 3.42. The SMILES string of the molecule is CC(C)(N)C(CC(=O)O)c1cccnc1. The Bertz CT molecular complexity index is 330. The monoisotopic (exact) mass is 208 g/mol. The van der Waals surface area contributed by atoms with E-state index in [0.29, 0.717) is 0 Å². The highest BCUT2D eigenvalue weighted by Gasteiger charge is 2.28. The molecule has 0 saturated heterocycles. The van der Waals surface area contributed by atoms with Crippen LogP contribution in [0.2, 0.25) is 0 Å². The van der Waals surface area contributed by atoms with Crippen molar-refractivity contribution in [3.63, 3.8) is 0 Å². The predicted octanol–water partition coefficient (Wildman–Crippen LogP) is 1.38. The minimum absolute atomic E-state index is 0.0230. The van der Waals surface area contributed by atoms with Gasteiger partial charge in [-0.1, -0.05) is 6.07 Å². The van der Waals surface area contributed by atoms with E-state index in [0.717, 1.165) is 5.56 Å². The molecule has 15 heavy (non-hydrogen) atoms. The van der Waals surface area contributed by atoms with E-state index in [1.54, 1.807) is 18.5 Å². The largest absolute Gasteiger partial charge is 0.481 e. The minimum atomic E-state index is -0.845. The van der Waals surface area contributed by atoms with Crippen molar-refractivity contribution in [2.75, 3.05) is 0 Å². The first-order valence-electron chi connectivity index (χ1n) is 4.82. The van der Waals surface area contributed by atoms with Crippen molar-refractivity contribution in [1.29, 1.82) is 0 Å². The van der Waals surface area contributed by atoms with Crippen molar-refractivity contribution in [2.24, 2.45) is 5.73 Å². The molecule has 0 aliphatic rings. The number of nitrogens with zero attached hydrogens (tertiary/aromatic N) is 1. The molecule has 0 aliphatic carbocycles. The van der Waals surface area contributed by atoms with Crippen molar-refractivity contribution < 1.29 is 9.90 Å². The summed E-state index contributed by atoms with van der Waals surface area (Å²) >= 11 is 0. The highest BCUT2D eigenvalue weighted by Crippen LogP contribution is 2.28. The Morgan fingerprint density at radius 2 is 2.33 bits per heavy atom. The lowest BCUT2D eigenvalue weighted by atomic mass is 9.81. The smallest absolute Gasteiger partial charge is 0.304 e. The summed E-state index contributed by atoms with van der Waals surface area (Å²) in [7, 11) is 0. The van der Waals surface area contributed by atoms with Gasteiger partial charge in [-0.3, -0.25) is 9.78 Å². The summed E-state index contributed by atoms with van der Waals surface area (Å²) in [6, 6.07) is 3.64. The van der Waals surface area contributed by atoms with Crippen molar-refractivity contribution >= 4 is 5.97 Å². The average Bonchev–Trinajstić information content (AvgIpc) is 2.14. The molecule has 0 spiro atoms. The molecule has 0 amide bonds. The van der Waals surface area contributed by atoms with Gasteiger partial charge in [0.1, 0.15) is 0 Å². The van der Waals surface area contributed by atoms with Gasteiger partial charge >= 0.3 is 5.97 Å². The molecule has 0 aliphatic heterocycles. The lowest BCUT2D eigenvalue weighted by Gasteiger charge is -2.29. The van der Waals surface area contributed by atoms with Crippen molar-refractivity contribution in [3.05, 3.63) is 30.1 Å². The van der Waals surface area contributed by atoms with Gasteiger partial charge < -0.3 is 10.8 Å². The number of carboxylic acid groups (broad SMARTS) is 1. The molecule has 4 nitrogen and oxygen atoms in total. The van der Waals surface area contributed by atoms with E-state index in [-0.39, 0.29) is 12.3 Å². The van der Waals surface area contributed by atoms with Crippen LogP contribution in [-0.4, -0.2) is 21.6 Å². The quantitative estimate of drug-likeness (QED) is 0.783. The molecular formula is C11H16N2O2. The zero-order valence-corrected chi connectivity index (χ0v) is 8.97. The van der Waals surface area contributed by atoms with E-state index < -0.39 is 11.5 Å². The zero-order valence-electron chi connectivity index (χ0n) is 8.97. The highest BCUT2D eigenvalue weighted by atomic mass is 16.4. The van der Waals surface area contributed by atoms with Crippen LogP contribution in [0.5, 0.6) is 0 Å². The fraction of sp³-hybridized carbons (Fsp3) is 0.455. The van der Waals surface area contributed by atoms with E-state index in [1.807, 2.05) is 19.9 Å². The Labute approximate surface area is 89.1 Å². The fourth-order valence-electron chi connectivity index (χ4n) is 1.57. The first-order chi connectivity index (χ1) is 6.91. The van der Waals surface area contributed by atoms with Crippen LogP contribution in [0, 0.1) is 0 Å². The third-order valence-electron chi connectivity index (χ3n) is 2.36. The van der Waals surface area contributed by atoms with Gasteiger partial charge in [-0.15, -0.1) is 0 Å². The van der Waals surface area contributed by atoms with Crippen LogP contribution in [0.4, 0.5) is 0 Å². The van der Waals surface area contributed by atoms with Crippen LogP contribution in [0.25, 0.3) is 0 Å². The molecule has 0 fully saturated rings. The van der Waals surface area contributed by atoms with Crippen LogP contribution in [0.1, 0.15) is 31.7 Å². The molecule has 82 valence electrons. The van der Waals surface area contributed by atoms with Crippen molar-refractivity contribution in [1.82, 2.24) is 4.98 Å². The van der Waals surface area contributed by atoms with Gasteiger partial charge in [-0.25, -0.2) is 0 Å². The molecule has 0 bridgehead atoms. The van der Waals surface area contributed by atoms with Gasteiger partial charge in [0.05, 0.1) is 6.42 Å². The second kappa shape index (κ2) is 4.40. The van der Waals surface area contributed by atoms with Gasteiger partial charge in [0.2, 0.25) is 0 Å². The molecule has 1 aromatic rings. The van der Waals surface area contributed by atoms with E-state index in [2.05, 4.69) is 4.98 Å². The number of nitrogens with two attached hydrogens (primary N) is 1. The molecule has 3 N–H and O–H groups in total. The third kappa shape index (κ3) is 3.32. The number of hydrogen-bond acceptors (Lipinski definition) is 3. The molecule has 1 heterocycles.